The van der Waals surface area contributed by atoms with Gasteiger partial charge in [0.05, 0.1) is 0 Å². The van der Waals surface area contributed by atoms with Crippen LogP contribution in [-0.2, 0) is 6.54 Å². The Bertz CT molecular complexity index is 429. The second kappa shape index (κ2) is 7.09. The smallest absolute Gasteiger partial charge is 0.144 e. The van der Waals surface area contributed by atoms with Gasteiger partial charge in [0.15, 0.2) is 0 Å². The summed E-state index contributed by atoms with van der Waals surface area (Å²) >= 11 is 0. The number of rotatable bonds is 7. The number of nitrogens with one attached hydrogen (secondary N) is 1. The first-order valence-corrected chi connectivity index (χ1v) is 6.55. The minimum Gasteiger partial charge on any atom is -0.409 e. The van der Waals surface area contributed by atoms with Crippen LogP contribution in [0.25, 0.3) is 0 Å². The lowest BCUT2D eigenvalue weighted by atomic mass is 9.86. The van der Waals surface area contributed by atoms with E-state index in [1.807, 2.05) is 26.1 Å². The molecule has 0 bridgehead atoms. The molecule has 106 valence electrons. The molecule has 1 aromatic rings. The van der Waals surface area contributed by atoms with Crippen LogP contribution in [0.2, 0.25) is 0 Å². The Kier molecular flexibility index (Phi) is 5.76. The minimum atomic E-state index is -0.263. The molecule has 0 radical (unpaired) electrons. The van der Waals surface area contributed by atoms with Crippen LogP contribution in [0.15, 0.2) is 23.6 Å². The van der Waals surface area contributed by atoms with Gasteiger partial charge in [0, 0.05) is 24.4 Å². The Morgan fingerprint density at radius 1 is 1.53 bits per heavy atom. The van der Waals surface area contributed by atoms with E-state index in [2.05, 4.69) is 22.4 Å². The first-order chi connectivity index (χ1) is 8.97. The third-order valence-electron chi connectivity index (χ3n) is 3.42. The molecule has 0 fully saturated rings. The monoisotopic (exact) mass is 264 g/mol. The standard InChI is InChI=1S/C14H24N4O/c1-11-5-8-17-10-12(11)9-16-7-4-6-14(2,3)13(15)18-19/h5,8,10,16,19H,4,6-7,9H2,1-3H3,(H2,15,18). The molecule has 0 aromatic carbocycles. The maximum Gasteiger partial charge on any atom is 0.144 e. The summed E-state index contributed by atoms with van der Waals surface area (Å²) in [5.74, 6) is 0.288. The Hall–Kier alpha value is -1.62. The van der Waals surface area contributed by atoms with Crippen molar-refractivity contribution in [1.29, 1.82) is 0 Å². The van der Waals surface area contributed by atoms with E-state index in [9.17, 15) is 0 Å². The minimum absolute atomic E-state index is 0.263. The summed E-state index contributed by atoms with van der Waals surface area (Å²) in [6, 6.07) is 2.01. The number of amidine groups is 1. The zero-order valence-corrected chi connectivity index (χ0v) is 12.0. The van der Waals surface area contributed by atoms with Crippen LogP contribution in [0.4, 0.5) is 0 Å². The summed E-state index contributed by atoms with van der Waals surface area (Å²) in [6.07, 6.45) is 5.55. The fraction of sp³-hybridized carbons (Fsp3) is 0.571. The fourth-order valence-electron chi connectivity index (χ4n) is 1.82. The van der Waals surface area contributed by atoms with Gasteiger partial charge in [0.1, 0.15) is 5.84 Å². The molecule has 4 N–H and O–H groups in total. The zero-order valence-electron chi connectivity index (χ0n) is 12.0. The normalized spacial score (nSPS) is 12.7. The van der Waals surface area contributed by atoms with Crippen LogP contribution in [0, 0.1) is 12.3 Å². The van der Waals surface area contributed by atoms with Gasteiger partial charge in [-0.25, -0.2) is 0 Å². The van der Waals surface area contributed by atoms with Crippen molar-refractivity contribution in [3.63, 3.8) is 0 Å². The van der Waals surface area contributed by atoms with E-state index in [1.54, 1.807) is 6.20 Å². The number of aryl methyl sites for hydroxylation is 1. The zero-order chi connectivity index (χ0) is 14.3. The third-order valence-corrected chi connectivity index (χ3v) is 3.42. The molecule has 0 amide bonds. The average molecular weight is 264 g/mol. The summed E-state index contributed by atoms with van der Waals surface area (Å²) < 4.78 is 0. The number of aromatic nitrogens is 1. The van der Waals surface area contributed by atoms with Gasteiger partial charge in [0.25, 0.3) is 0 Å². The van der Waals surface area contributed by atoms with Crippen LogP contribution in [0.5, 0.6) is 0 Å². The van der Waals surface area contributed by atoms with E-state index in [0.717, 1.165) is 25.9 Å². The van der Waals surface area contributed by atoms with Crippen molar-refractivity contribution in [1.82, 2.24) is 10.3 Å². The number of hydrogen-bond acceptors (Lipinski definition) is 4. The molecule has 1 heterocycles. The van der Waals surface area contributed by atoms with E-state index in [-0.39, 0.29) is 11.3 Å². The van der Waals surface area contributed by atoms with Gasteiger partial charge >= 0.3 is 0 Å². The van der Waals surface area contributed by atoms with E-state index < -0.39 is 0 Å². The lowest BCUT2D eigenvalue weighted by Crippen LogP contribution is -2.32. The number of hydrogen-bond donors (Lipinski definition) is 3. The van der Waals surface area contributed by atoms with Gasteiger partial charge in [-0.05, 0) is 43.5 Å². The topological polar surface area (TPSA) is 83.5 Å². The van der Waals surface area contributed by atoms with Crippen molar-refractivity contribution in [2.45, 2.75) is 40.2 Å². The first-order valence-electron chi connectivity index (χ1n) is 6.55. The summed E-state index contributed by atoms with van der Waals surface area (Å²) in [4.78, 5) is 4.12. The van der Waals surface area contributed by atoms with Crippen LogP contribution in [-0.4, -0.2) is 22.6 Å². The van der Waals surface area contributed by atoms with Gasteiger partial charge in [-0.1, -0.05) is 19.0 Å². The van der Waals surface area contributed by atoms with Gasteiger partial charge in [0.2, 0.25) is 0 Å². The second-order valence-electron chi connectivity index (χ2n) is 5.45. The van der Waals surface area contributed by atoms with Gasteiger partial charge in [-0.2, -0.15) is 0 Å². The highest BCUT2D eigenvalue weighted by Gasteiger charge is 2.22. The highest BCUT2D eigenvalue weighted by atomic mass is 16.4. The predicted molar refractivity (Wildman–Crippen MR) is 77.1 cm³/mol. The molecule has 0 aliphatic heterocycles. The van der Waals surface area contributed by atoms with Crippen LogP contribution in [0.1, 0.15) is 37.8 Å². The summed E-state index contributed by atoms with van der Waals surface area (Å²) in [5, 5.41) is 15.2. The van der Waals surface area contributed by atoms with Crippen molar-refractivity contribution in [2.24, 2.45) is 16.3 Å². The summed E-state index contributed by atoms with van der Waals surface area (Å²) in [7, 11) is 0. The van der Waals surface area contributed by atoms with Crippen molar-refractivity contribution in [3.8, 4) is 0 Å². The molecule has 19 heavy (non-hydrogen) atoms. The molecule has 0 aliphatic carbocycles. The van der Waals surface area contributed by atoms with Crippen molar-refractivity contribution in [3.05, 3.63) is 29.6 Å². The van der Waals surface area contributed by atoms with Gasteiger partial charge in [-0.15, -0.1) is 0 Å². The Morgan fingerprint density at radius 2 is 2.26 bits per heavy atom. The molecule has 0 aliphatic rings. The molecule has 5 heteroatoms. The molecular weight excluding hydrogens is 240 g/mol. The lowest BCUT2D eigenvalue weighted by molar-refractivity contribution is 0.304. The Balaban J connectivity index is 2.27. The molecular formula is C14H24N4O. The maximum atomic E-state index is 8.69. The SMILES string of the molecule is Cc1ccncc1CNCCCC(C)(C)/C(N)=N/O. The number of oxime groups is 1. The van der Waals surface area contributed by atoms with Gasteiger partial charge in [-0.3, -0.25) is 4.98 Å². The quantitative estimate of drug-likeness (QED) is 0.231. The molecule has 5 nitrogen and oxygen atoms in total. The molecule has 0 unspecified atom stereocenters. The van der Waals surface area contributed by atoms with Gasteiger partial charge < -0.3 is 16.3 Å². The lowest BCUT2D eigenvalue weighted by Gasteiger charge is -2.22. The van der Waals surface area contributed by atoms with Crippen LogP contribution < -0.4 is 11.1 Å². The first kappa shape index (κ1) is 15.4. The second-order valence-corrected chi connectivity index (χ2v) is 5.45. The van der Waals surface area contributed by atoms with Crippen LogP contribution >= 0.6 is 0 Å². The fourth-order valence-corrected chi connectivity index (χ4v) is 1.82. The van der Waals surface area contributed by atoms with E-state index in [1.165, 1.54) is 11.1 Å². The molecule has 0 spiro atoms. The van der Waals surface area contributed by atoms with Crippen molar-refractivity contribution < 1.29 is 5.21 Å². The van der Waals surface area contributed by atoms with E-state index >= 15 is 0 Å². The number of nitrogens with two attached hydrogens (primary N) is 1. The van der Waals surface area contributed by atoms with Crippen molar-refractivity contribution >= 4 is 5.84 Å². The molecule has 1 rings (SSSR count). The molecule has 0 atom stereocenters. The molecule has 1 aromatic heterocycles. The highest BCUT2D eigenvalue weighted by Crippen LogP contribution is 2.21. The van der Waals surface area contributed by atoms with Crippen LogP contribution in [0.3, 0.4) is 0 Å². The summed E-state index contributed by atoms with van der Waals surface area (Å²) in [6.45, 7) is 7.76. The predicted octanol–water partition coefficient (Wildman–Crippen LogP) is 2.03. The largest absolute Gasteiger partial charge is 0.409 e. The van der Waals surface area contributed by atoms with E-state index in [0.29, 0.717) is 0 Å². The Morgan fingerprint density at radius 3 is 2.89 bits per heavy atom. The Labute approximate surface area is 114 Å². The summed E-state index contributed by atoms with van der Waals surface area (Å²) in [5.41, 5.74) is 7.85. The van der Waals surface area contributed by atoms with Crippen molar-refractivity contribution in [2.75, 3.05) is 6.54 Å². The average Bonchev–Trinajstić information content (AvgIpc) is 2.39. The number of nitrogens with zero attached hydrogens (tertiary/aromatic N) is 2. The highest BCUT2D eigenvalue weighted by molar-refractivity contribution is 5.85. The van der Waals surface area contributed by atoms with E-state index in [4.69, 9.17) is 10.9 Å². The molecule has 0 saturated heterocycles. The molecule has 0 saturated carbocycles. The number of pyridine rings is 1. The third kappa shape index (κ3) is 4.87. The maximum absolute atomic E-state index is 8.69.